The van der Waals surface area contributed by atoms with E-state index in [1.54, 1.807) is 26.2 Å². The van der Waals surface area contributed by atoms with Crippen molar-refractivity contribution >= 4 is 11.6 Å². The molecule has 0 spiro atoms. The van der Waals surface area contributed by atoms with Crippen LogP contribution in [-0.2, 0) is 16.5 Å². The molecule has 1 aromatic heterocycles. The van der Waals surface area contributed by atoms with Crippen molar-refractivity contribution < 1.29 is 18.0 Å². The number of halogens is 3. The first-order valence-corrected chi connectivity index (χ1v) is 7.00. The number of anilines is 1. The van der Waals surface area contributed by atoms with Gasteiger partial charge in [-0.05, 0) is 44.5 Å². The SMILES string of the molecule is Cc1cnn(C(C)(C)C(=O)Nc2ccc(C#N)c(C(F)(F)F)c2)c1. The van der Waals surface area contributed by atoms with Crippen LogP contribution in [0, 0.1) is 18.3 Å². The minimum Gasteiger partial charge on any atom is -0.324 e. The first-order chi connectivity index (χ1) is 11.1. The van der Waals surface area contributed by atoms with Gasteiger partial charge in [0.05, 0.1) is 23.4 Å². The Hall–Kier alpha value is -2.82. The third-order valence-corrected chi connectivity index (χ3v) is 3.54. The molecule has 1 aromatic carbocycles. The molecular formula is C16H15F3N4O. The Morgan fingerprint density at radius 3 is 2.50 bits per heavy atom. The predicted molar refractivity (Wildman–Crippen MR) is 81.1 cm³/mol. The summed E-state index contributed by atoms with van der Waals surface area (Å²) < 4.78 is 40.4. The van der Waals surface area contributed by atoms with Crippen LogP contribution < -0.4 is 5.32 Å². The van der Waals surface area contributed by atoms with Crippen molar-refractivity contribution in [2.24, 2.45) is 0 Å². The van der Waals surface area contributed by atoms with E-state index < -0.39 is 28.7 Å². The van der Waals surface area contributed by atoms with Crippen LogP contribution in [0.15, 0.2) is 30.6 Å². The third-order valence-electron chi connectivity index (χ3n) is 3.54. The van der Waals surface area contributed by atoms with Crippen molar-refractivity contribution in [3.63, 3.8) is 0 Å². The van der Waals surface area contributed by atoms with E-state index in [0.717, 1.165) is 17.7 Å². The number of aryl methyl sites for hydroxylation is 1. The fourth-order valence-corrected chi connectivity index (χ4v) is 2.06. The highest BCUT2D eigenvalue weighted by Crippen LogP contribution is 2.33. The van der Waals surface area contributed by atoms with Crippen LogP contribution in [0.1, 0.15) is 30.5 Å². The summed E-state index contributed by atoms with van der Waals surface area (Å²) in [5.74, 6) is -0.525. The summed E-state index contributed by atoms with van der Waals surface area (Å²) in [6.45, 7) is 5.01. The predicted octanol–water partition coefficient (Wildman–Crippen LogP) is 3.46. The van der Waals surface area contributed by atoms with E-state index in [2.05, 4.69) is 10.4 Å². The lowest BCUT2D eigenvalue weighted by atomic mass is 10.0. The largest absolute Gasteiger partial charge is 0.417 e. The van der Waals surface area contributed by atoms with Gasteiger partial charge in [-0.15, -0.1) is 0 Å². The first-order valence-electron chi connectivity index (χ1n) is 7.00. The molecule has 0 saturated heterocycles. The molecular weight excluding hydrogens is 321 g/mol. The fraction of sp³-hybridized carbons (Fsp3) is 0.312. The van der Waals surface area contributed by atoms with Crippen molar-refractivity contribution in [2.45, 2.75) is 32.5 Å². The van der Waals surface area contributed by atoms with Crippen LogP contribution in [-0.4, -0.2) is 15.7 Å². The lowest BCUT2D eigenvalue weighted by Gasteiger charge is -2.24. The Morgan fingerprint density at radius 1 is 1.33 bits per heavy atom. The Morgan fingerprint density at radius 2 is 2.00 bits per heavy atom. The number of aromatic nitrogens is 2. The summed E-state index contributed by atoms with van der Waals surface area (Å²) in [6, 6.07) is 4.54. The molecule has 0 aliphatic heterocycles. The molecule has 0 fully saturated rings. The van der Waals surface area contributed by atoms with Crippen molar-refractivity contribution in [1.82, 2.24) is 9.78 Å². The lowest BCUT2D eigenvalue weighted by Crippen LogP contribution is -2.40. The second-order valence-electron chi connectivity index (χ2n) is 5.85. The highest BCUT2D eigenvalue weighted by Gasteiger charge is 2.35. The molecule has 24 heavy (non-hydrogen) atoms. The van der Waals surface area contributed by atoms with Crippen LogP contribution in [0.3, 0.4) is 0 Å². The molecule has 0 radical (unpaired) electrons. The smallest absolute Gasteiger partial charge is 0.324 e. The van der Waals surface area contributed by atoms with Crippen molar-refractivity contribution in [1.29, 1.82) is 5.26 Å². The van der Waals surface area contributed by atoms with Crippen LogP contribution in [0.4, 0.5) is 18.9 Å². The molecule has 8 heteroatoms. The molecule has 126 valence electrons. The number of rotatable bonds is 3. The van der Waals surface area contributed by atoms with Gasteiger partial charge < -0.3 is 5.32 Å². The number of carbonyl (C=O) groups is 1. The molecule has 0 bridgehead atoms. The molecule has 0 unspecified atom stereocenters. The molecule has 0 saturated carbocycles. The average Bonchev–Trinajstić information content (AvgIpc) is 2.93. The minimum absolute atomic E-state index is 0.0386. The maximum absolute atomic E-state index is 13.0. The quantitative estimate of drug-likeness (QED) is 0.933. The van der Waals surface area contributed by atoms with Gasteiger partial charge in [-0.3, -0.25) is 9.48 Å². The molecule has 1 heterocycles. The number of nitrogens with zero attached hydrogens (tertiary/aromatic N) is 3. The summed E-state index contributed by atoms with van der Waals surface area (Å²) >= 11 is 0. The Kier molecular flexibility index (Phi) is 4.38. The average molecular weight is 336 g/mol. The Balaban J connectivity index is 2.31. The number of amides is 1. The Labute approximate surface area is 136 Å². The van der Waals surface area contributed by atoms with Crippen molar-refractivity contribution in [2.75, 3.05) is 5.32 Å². The molecule has 1 N–H and O–H groups in total. The Bertz CT molecular complexity index is 815. The summed E-state index contributed by atoms with van der Waals surface area (Å²) in [7, 11) is 0. The van der Waals surface area contributed by atoms with E-state index in [0.29, 0.717) is 0 Å². The fourth-order valence-electron chi connectivity index (χ4n) is 2.06. The maximum atomic E-state index is 13.0. The van der Waals surface area contributed by atoms with Crippen molar-refractivity contribution in [3.05, 3.63) is 47.3 Å². The number of nitriles is 1. The van der Waals surface area contributed by atoms with Gasteiger partial charge in [-0.25, -0.2) is 0 Å². The number of benzene rings is 1. The van der Waals surface area contributed by atoms with Gasteiger partial charge >= 0.3 is 6.18 Å². The summed E-state index contributed by atoms with van der Waals surface area (Å²) in [4.78, 5) is 12.4. The van der Waals surface area contributed by atoms with E-state index >= 15 is 0 Å². The van der Waals surface area contributed by atoms with Crippen LogP contribution in [0.5, 0.6) is 0 Å². The van der Waals surface area contributed by atoms with Crippen LogP contribution >= 0.6 is 0 Å². The second kappa shape index (κ2) is 6.00. The molecule has 5 nitrogen and oxygen atoms in total. The van der Waals surface area contributed by atoms with E-state index in [1.807, 2.05) is 6.92 Å². The standard InChI is InChI=1S/C16H15F3N4O/c1-10-8-21-23(9-10)15(2,3)14(24)22-12-5-4-11(7-20)13(6-12)16(17,18)19/h4-6,8-9H,1-3H3,(H,22,24). The highest BCUT2D eigenvalue weighted by atomic mass is 19.4. The second-order valence-corrected chi connectivity index (χ2v) is 5.85. The number of carbonyl (C=O) groups excluding carboxylic acids is 1. The zero-order valence-corrected chi connectivity index (χ0v) is 13.3. The van der Waals surface area contributed by atoms with Gasteiger partial charge in [-0.2, -0.15) is 23.5 Å². The zero-order chi connectivity index (χ0) is 18.1. The third kappa shape index (κ3) is 3.40. The summed E-state index contributed by atoms with van der Waals surface area (Å²) in [5, 5.41) is 15.3. The lowest BCUT2D eigenvalue weighted by molar-refractivity contribution is -0.137. The highest BCUT2D eigenvalue weighted by molar-refractivity contribution is 5.96. The molecule has 2 rings (SSSR count). The molecule has 2 aromatic rings. The van der Waals surface area contributed by atoms with Gasteiger partial charge in [0.2, 0.25) is 0 Å². The van der Waals surface area contributed by atoms with Gasteiger partial charge in [0, 0.05) is 11.9 Å². The number of alkyl halides is 3. The minimum atomic E-state index is -4.68. The van der Waals surface area contributed by atoms with Gasteiger partial charge in [-0.1, -0.05) is 0 Å². The van der Waals surface area contributed by atoms with E-state index in [9.17, 15) is 18.0 Å². The molecule has 0 aliphatic rings. The van der Waals surface area contributed by atoms with E-state index in [-0.39, 0.29) is 5.69 Å². The van der Waals surface area contributed by atoms with Gasteiger partial charge in [0.25, 0.3) is 5.91 Å². The molecule has 0 aliphatic carbocycles. The maximum Gasteiger partial charge on any atom is 0.417 e. The van der Waals surface area contributed by atoms with Crippen molar-refractivity contribution in [3.8, 4) is 6.07 Å². The van der Waals surface area contributed by atoms with Gasteiger partial charge in [0.1, 0.15) is 5.54 Å². The van der Waals surface area contributed by atoms with Crippen LogP contribution in [0.2, 0.25) is 0 Å². The van der Waals surface area contributed by atoms with E-state index in [1.165, 1.54) is 16.8 Å². The zero-order valence-electron chi connectivity index (χ0n) is 13.3. The molecule has 0 atom stereocenters. The summed E-state index contributed by atoms with van der Waals surface area (Å²) in [6.07, 6.45) is -1.43. The topological polar surface area (TPSA) is 70.7 Å². The molecule has 1 amide bonds. The van der Waals surface area contributed by atoms with Gasteiger partial charge in [0.15, 0.2) is 0 Å². The number of nitrogens with one attached hydrogen (secondary N) is 1. The number of hydrogen-bond donors (Lipinski definition) is 1. The van der Waals surface area contributed by atoms with Crippen LogP contribution in [0.25, 0.3) is 0 Å². The first kappa shape index (κ1) is 17.5. The monoisotopic (exact) mass is 336 g/mol. The number of hydrogen-bond acceptors (Lipinski definition) is 3. The van der Waals surface area contributed by atoms with E-state index in [4.69, 9.17) is 5.26 Å². The summed E-state index contributed by atoms with van der Waals surface area (Å²) in [5.41, 5.74) is -1.87. The normalized spacial score (nSPS) is 11.9.